The lowest BCUT2D eigenvalue weighted by Gasteiger charge is -2.46. The number of hydrogen-bond donors (Lipinski definition) is 1. The molecule has 1 aromatic heterocycles. The average Bonchev–Trinajstić information content (AvgIpc) is 2.86. The summed E-state index contributed by atoms with van der Waals surface area (Å²) in [5, 5.41) is 0. The first-order valence-corrected chi connectivity index (χ1v) is 8.41. The summed E-state index contributed by atoms with van der Waals surface area (Å²) < 4.78 is 0.866. The van der Waals surface area contributed by atoms with E-state index in [9.17, 15) is 0 Å². The van der Waals surface area contributed by atoms with Gasteiger partial charge >= 0.3 is 0 Å². The fraction of sp³-hybridized carbons (Fsp3) is 0.714. The summed E-state index contributed by atoms with van der Waals surface area (Å²) in [4.78, 5) is 6.54. The van der Waals surface area contributed by atoms with Crippen LogP contribution in [0.15, 0.2) is 12.1 Å². The first-order valence-electron chi connectivity index (χ1n) is 7.21. The van der Waals surface area contributed by atoms with Crippen molar-refractivity contribution < 1.29 is 0 Å². The van der Waals surface area contributed by atoms with Gasteiger partial charge in [0.05, 0.1) is 10.4 Å². The summed E-state index contributed by atoms with van der Waals surface area (Å²) in [5.74, 6) is 0. The van der Waals surface area contributed by atoms with Crippen LogP contribution in [0.3, 0.4) is 0 Å². The van der Waals surface area contributed by atoms with Gasteiger partial charge in [-0.2, -0.15) is 0 Å². The SMILES string of the molecule is NCC(c1ccc(Cl)s1)N1CCN2CCCCC2C1. The molecular weight excluding hydrogens is 278 g/mol. The molecule has 0 amide bonds. The molecule has 0 bridgehead atoms. The molecule has 2 fully saturated rings. The third kappa shape index (κ3) is 2.98. The Hall–Kier alpha value is -0.130. The Kier molecular flexibility index (Phi) is 4.44. The van der Waals surface area contributed by atoms with Crippen molar-refractivity contribution in [1.29, 1.82) is 0 Å². The second-order valence-electron chi connectivity index (χ2n) is 5.57. The van der Waals surface area contributed by atoms with Gasteiger partial charge in [0.2, 0.25) is 0 Å². The number of hydrogen-bond acceptors (Lipinski definition) is 4. The molecule has 19 heavy (non-hydrogen) atoms. The van der Waals surface area contributed by atoms with E-state index in [-0.39, 0.29) is 0 Å². The van der Waals surface area contributed by atoms with Crippen molar-refractivity contribution in [3.63, 3.8) is 0 Å². The first kappa shape index (κ1) is 13.8. The number of nitrogens with two attached hydrogens (primary N) is 1. The van der Waals surface area contributed by atoms with E-state index in [0.717, 1.165) is 23.5 Å². The van der Waals surface area contributed by atoms with Gasteiger partial charge in [-0.25, -0.2) is 0 Å². The third-order valence-electron chi connectivity index (χ3n) is 4.46. The Labute approximate surface area is 124 Å². The van der Waals surface area contributed by atoms with Gasteiger partial charge in [-0.05, 0) is 31.5 Å². The number of fused-ring (bicyclic) bond motifs is 1. The van der Waals surface area contributed by atoms with Crippen molar-refractivity contribution in [1.82, 2.24) is 9.80 Å². The molecule has 5 heteroatoms. The smallest absolute Gasteiger partial charge is 0.0931 e. The van der Waals surface area contributed by atoms with Crippen molar-refractivity contribution >= 4 is 22.9 Å². The zero-order chi connectivity index (χ0) is 13.2. The molecule has 2 unspecified atom stereocenters. The summed E-state index contributed by atoms with van der Waals surface area (Å²) in [7, 11) is 0. The van der Waals surface area contributed by atoms with Crippen LogP contribution >= 0.6 is 22.9 Å². The van der Waals surface area contributed by atoms with Gasteiger partial charge < -0.3 is 5.73 Å². The van der Waals surface area contributed by atoms with Gasteiger partial charge in [0, 0.05) is 37.1 Å². The van der Waals surface area contributed by atoms with Crippen LogP contribution in [0.25, 0.3) is 0 Å². The molecule has 0 saturated carbocycles. The van der Waals surface area contributed by atoms with Crippen LogP contribution in [0, 0.1) is 0 Å². The minimum absolute atomic E-state index is 0.349. The van der Waals surface area contributed by atoms with Crippen LogP contribution < -0.4 is 5.73 Å². The quantitative estimate of drug-likeness (QED) is 0.931. The zero-order valence-corrected chi connectivity index (χ0v) is 12.8. The van der Waals surface area contributed by atoms with Crippen LogP contribution in [-0.4, -0.2) is 48.6 Å². The molecule has 0 radical (unpaired) electrons. The largest absolute Gasteiger partial charge is 0.329 e. The topological polar surface area (TPSA) is 32.5 Å². The molecule has 2 N–H and O–H groups in total. The minimum Gasteiger partial charge on any atom is -0.329 e. The van der Waals surface area contributed by atoms with E-state index in [1.165, 1.54) is 37.2 Å². The Balaban J connectivity index is 1.70. The molecule has 3 nitrogen and oxygen atoms in total. The van der Waals surface area contributed by atoms with Crippen LogP contribution in [0.2, 0.25) is 4.34 Å². The molecule has 0 spiro atoms. The second kappa shape index (κ2) is 6.10. The number of thiophene rings is 1. The van der Waals surface area contributed by atoms with Gasteiger partial charge in [-0.3, -0.25) is 9.80 Å². The molecule has 0 aliphatic carbocycles. The molecule has 3 heterocycles. The minimum atomic E-state index is 0.349. The molecule has 1 aromatic rings. The van der Waals surface area contributed by atoms with E-state index in [1.54, 1.807) is 11.3 Å². The van der Waals surface area contributed by atoms with Crippen molar-refractivity contribution in [3.8, 4) is 0 Å². The summed E-state index contributed by atoms with van der Waals surface area (Å²) in [5.41, 5.74) is 6.02. The van der Waals surface area contributed by atoms with Gasteiger partial charge in [-0.15, -0.1) is 11.3 Å². The predicted octanol–water partition coefficient (Wildman–Crippen LogP) is 2.57. The van der Waals surface area contributed by atoms with Gasteiger partial charge in [0.25, 0.3) is 0 Å². The lowest BCUT2D eigenvalue weighted by Crippen LogP contribution is -2.56. The first-order chi connectivity index (χ1) is 9.28. The Bertz CT molecular complexity index is 423. The van der Waals surface area contributed by atoms with E-state index in [1.807, 2.05) is 6.07 Å². The Morgan fingerprint density at radius 1 is 1.32 bits per heavy atom. The highest BCUT2D eigenvalue weighted by Crippen LogP contribution is 2.32. The Morgan fingerprint density at radius 2 is 2.21 bits per heavy atom. The predicted molar refractivity (Wildman–Crippen MR) is 81.9 cm³/mol. The number of piperazine rings is 1. The lowest BCUT2D eigenvalue weighted by molar-refractivity contribution is 0.0293. The van der Waals surface area contributed by atoms with Crippen molar-refractivity contribution in [2.45, 2.75) is 31.3 Å². The molecule has 3 rings (SSSR count). The van der Waals surface area contributed by atoms with Gasteiger partial charge in [0.1, 0.15) is 0 Å². The molecule has 106 valence electrons. The van der Waals surface area contributed by atoms with Crippen LogP contribution in [0.5, 0.6) is 0 Å². The summed E-state index contributed by atoms with van der Waals surface area (Å²) >= 11 is 7.74. The van der Waals surface area contributed by atoms with Crippen molar-refractivity contribution in [2.24, 2.45) is 5.73 Å². The fourth-order valence-corrected chi connectivity index (χ4v) is 4.62. The summed E-state index contributed by atoms with van der Waals surface area (Å²) in [6.07, 6.45) is 4.10. The van der Waals surface area contributed by atoms with Crippen LogP contribution in [-0.2, 0) is 0 Å². The van der Waals surface area contributed by atoms with E-state index >= 15 is 0 Å². The molecule has 2 atom stereocenters. The maximum atomic E-state index is 6.06. The second-order valence-corrected chi connectivity index (χ2v) is 7.32. The van der Waals surface area contributed by atoms with Crippen molar-refractivity contribution in [3.05, 3.63) is 21.3 Å². The van der Waals surface area contributed by atoms with Crippen molar-refractivity contribution in [2.75, 3.05) is 32.7 Å². The maximum absolute atomic E-state index is 6.06. The fourth-order valence-electron chi connectivity index (χ4n) is 3.42. The van der Waals surface area contributed by atoms with E-state index < -0.39 is 0 Å². The maximum Gasteiger partial charge on any atom is 0.0931 e. The van der Waals surface area contributed by atoms with E-state index in [2.05, 4.69) is 15.9 Å². The third-order valence-corrected chi connectivity index (χ3v) is 5.79. The number of rotatable bonds is 3. The monoisotopic (exact) mass is 299 g/mol. The highest BCUT2D eigenvalue weighted by atomic mass is 35.5. The highest BCUT2D eigenvalue weighted by molar-refractivity contribution is 7.16. The van der Waals surface area contributed by atoms with Crippen LogP contribution in [0.1, 0.15) is 30.2 Å². The highest BCUT2D eigenvalue weighted by Gasteiger charge is 2.32. The van der Waals surface area contributed by atoms with E-state index in [4.69, 9.17) is 17.3 Å². The lowest BCUT2D eigenvalue weighted by atomic mass is 9.98. The van der Waals surface area contributed by atoms with Gasteiger partial charge in [0.15, 0.2) is 0 Å². The van der Waals surface area contributed by atoms with Gasteiger partial charge in [-0.1, -0.05) is 18.0 Å². The molecule has 2 aliphatic heterocycles. The molecule has 2 saturated heterocycles. The number of halogens is 1. The molecule has 2 aliphatic rings. The summed E-state index contributed by atoms with van der Waals surface area (Å²) in [6, 6.07) is 5.22. The Morgan fingerprint density at radius 3 is 2.95 bits per heavy atom. The number of nitrogens with zero attached hydrogens (tertiary/aromatic N) is 2. The number of piperidine rings is 1. The normalized spacial score (nSPS) is 27.2. The zero-order valence-electron chi connectivity index (χ0n) is 11.2. The molecule has 0 aromatic carbocycles. The standard InChI is InChI=1S/C14H22ClN3S/c15-14-5-4-13(19-14)12(9-16)18-8-7-17-6-2-1-3-11(17)10-18/h4-5,11-12H,1-3,6-10,16H2. The summed E-state index contributed by atoms with van der Waals surface area (Å²) in [6.45, 7) is 5.46. The van der Waals surface area contributed by atoms with E-state index in [0.29, 0.717) is 12.6 Å². The average molecular weight is 300 g/mol. The van der Waals surface area contributed by atoms with Crippen LogP contribution in [0.4, 0.5) is 0 Å². The molecular formula is C14H22ClN3S.